The SMILES string of the molecule is OC(COc1ccc2ccccc2n1)CN1CCN(Cc2cccc3c2Oc2ccccc2C3)CC1. The lowest BCUT2D eigenvalue weighted by molar-refractivity contribution is 0.0435. The number of aliphatic hydroxyl groups excluding tert-OH is 1. The van der Waals surface area contributed by atoms with Crippen LogP contribution in [0.5, 0.6) is 17.4 Å². The summed E-state index contributed by atoms with van der Waals surface area (Å²) in [6.45, 7) is 5.47. The van der Waals surface area contributed by atoms with Gasteiger partial charge in [-0.15, -0.1) is 0 Å². The molecule has 0 spiro atoms. The molecule has 3 heterocycles. The Hall–Kier alpha value is -3.45. The lowest BCUT2D eigenvalue weighted by Crippen LogP contribution is -2.48. The third kappa shape index (κ3) is 5.07. The Morgan fingerprint density at radius 1 is 0.833 bits per heavy atom. The number of β-amino-alcohol motifs (C(OH)–C–C–N with tert-alkyl or cyclic N) is 1. The molecule has 0 aliphatic carbocycles. The molecule has 36 heavy (non-hydrogen) atoms. The van der Waals surface area contributed by atoms with E-state index < -0.39 is 6.10 Å². The van der Waals surface area contributed by atoms with Crippen molar-refractivity contribution in [2.24, 2.45) is 0 Å². The van der Waals surface area contributed by atoms with Crippen molar-refractivity contribution in [1.29, 1.82) is 0 Å². The second-order valence-corrected chi connectivity index (χ2v) is 9.68. The highest BCUT2D eigenvalue weighted by molar-refractivity contribution is 5.78. The number of benzene rings is 3. The first kappa shape index (κ1) is 23.0. The molecule has 6 heteroatoms. The van der Waals surface area contributed by atoms with Crippen LogP contribution in [0.15, 0.2) is 78.9 Å². The van der Waals surface area contributed by atoms with Gasteiger partial charge in [-0.2, -0.15) is 0 Å². The Morgan fingerprint density at radius 2 is 1.61 bits per heavy atom. The fraction of sp³-hybridized carbons (Fsp3) is 0.300. The largest absolute Gasteiger partial charge is 0.475 e. The Morgan fingerprint density at radius 3 is 2.53 bits per heavy atom. The number of aliphatic hydroxyl groups is 1. The van der Waals surface area contributed by atoms with Crippen molar-refractivity contribution in [2.75, 3.05) is 39.3 Å². The lowest BCUT2D eigenvalue weighted by atomic mass is 9.97. The molecule has 1 atom stereocenters. The van der Waals surface area contributed by atoms with Crippen LogP contribution < -0.4 is 9.47 Å². The first-order chi connectivity index (χ1) is 17.7. The first-order valence-electron chi connectivity index (χ1n) is 12.7. The average Bonchev–Trinajstić information content (AvgIpc) is 2.92. The minimum atomic E-state index is -0.556. The Kier molecular flexibility index (Phi) is 6.55. The number of fused-ring (bicyclic) bond motifs is 3. The van der Waals surface area contributed by atoms with E-state index in [0.29, 0.717) is 12.4 Å². The maximum absolute atomic E-state index is 10.6. The van der Waals surface area contributed by atoms with E-state index in [-0.39, 0.29) is 6.61 Å². The van der Waals surface area contributed by atoms with Gasteiger partial charge in [0.25, 0.3) is 0 Å². The highest BCUT2D eigenvalue weighted by Crippen LogP contribution is 2.39. The van der Waals surface area contributed by atoms with Gasteiger partial charge in [-0.25, -0.2) is 4.98 Å². The molecular weight excluding hydrogens is 450 g/mol. The van der Waals surface area contributed by atoms with E-state index in [4.69, 9.17) is 9.47 Å². The van der Waals surface area contributed by atoms with Gasteiger partial charge in [0.1, 0.15) is 24.2 Å². The molecule has 184 valence electrons. The molecular formula is C30H31N3O3. The number of ether oxygens (including phenoxy) is 2. The minimum Gasteiger partial charge on any atom is -0.475 e. The van der Waals surface area contributed by atoms with Gasteiger partial charge in [-0.3, -0.25) is 9.80 Å². The van der Waals surface area contributed by atoms with Gasteiger partial charge in [-0.1, -0.05) is 54.6 Å². The number of pyridine rings is 1. The maximum atomic E-state index is 10.6. The predicted octanol–water partition coefficient (Wildman–Crippen LogP) is 4.49. The molecule has 0 radical (unpaired) electrons. The molecule has 2 aliphatic rings. The molecule has 4 aromatic rings. The summed E-state index contributed by atoms with van der Waals surface area (Å²) >= 11 is 0. The smallest absolute Gasteiger partial charge is 0.213 e. The standard InChI is InChI=1S/C30H31N3O3/c34-26(21-35-29-13-12-22-6-1-3-10-27(22)31-29)20-33-16-14-32(15-17-33)19-25-9-5-8-24-18-23-7-2-4-11-28(23)36-30(24)25/h1-13,26,34H,14-21H2. The molecule has 0 amide bonds. The quantitative estimate of drug-likeness (QED) is 0.370. The van der Waals surface area contributed by atoms with Crippen LogP contribution in [0.25, 0.3) is 10.9 Å². The maximum Gasteiger partial charge on any atom is 0.213 e. The second kappa shape index (κ2) is 10.3. The third-order valence-corrected chi connectivity index (χ3v) is 7.07. The van der Waals surface area contributed by atoms with Crippen LogP contribution in [0.1, 0.15) is 16.7 Å². The van der Waals surface area contributed by atoms with Crippen molar-refractivity contribution in [3.63, 3.8) is 0 Å². The Bertz CT molecular complexity index is 1350. The summed E-state index contributed by atoms with van der Waals surface area (Å²) in [5, 5.41) is 11.6. The molecule has 0 saturated carbocycles. The van der Waals surface area contributed by atoms with E-state index in [1.807, 2.05) is 42.5 Å². The number of rotatable bonds is 7. The Labute approximate surface area is 211 Å². The number of aromatic nitrogens is 1. The van der Waals surface area contributed by atoms with Gasteiger partial charge in [0.2, 0.25) is 5.88 Å². The molecule has 1 saturated heterocycles. The van der Waals surface area contributed by atoms with Crippen LogP contribution in [-0.2, 0) is 13.0 Å². The molecule has 6 rings (SSSR count). The van der Waals surface area contributed by atoms with Gasteiger partial charge in [0, 0.05) is 62.7 Å². The van der Waals surface area contributed by atoms with E-state index in [1.165, 1.54) is 16.7 Å². The summed E-state index contributed by atoms with van der Waals surface area (Å²) in [5.41, 5.74) is 4.64. The van der Waals surface area contributed by atoms with Crippen LogP contribution in [0.3, 0.4) is 0 Å². The van der Waals surface area contributed by atoms with Gasteiger partial charge >= 0.3 is 0 Å². The van der Waals surface area contributed by atoms with Gasteiger partial charge in [0.15, 0.2) is 0 Å². The molecule has 1 fully saturated rings. The van der Waals surface area contributed by atoms with Crippen LogP contribution in [0.2, 0.25) is 0 Å². The Balaban J connectivity index is 0.993. The summed E-state index contributed by atoms with van der Waals surface area (Å²) in [6, 6.07) is 26.6. The van der Waals surface area contributed by atoms with E-state index in [9.17, 15) is 5.11 Å². The highest BCUT2D eigenvalue weighted by atomic mass is 16.5. The van der Waals surface area contributed by atoms with Crippen molar-refractivity contribution in [1.82, 2.24) is 14.8 Å². The third-order valence-electron chi connectivity index (χ3n) is 7.07. The molecule has 1 aromatic heterocycles. The minimum absolute atomic E-state index is 0.237. The first-order valence-corrected chi connectivity index (χ1v) is 12.7. The van der Waals surface area contributed by atoms with Gasteiger partial charge in [0.05, 0.1) is 5.52 Å². The average molecular weight is 482 g/mol. The normalized spacial score (nSPS) is 16.7. The van der Waals surface area contributed by atoms with Crippen molar-refractivity contribution in [3.8, 4) is 17.4 Å². The number of nitrogens with zero attached hydrogens (tertiary/aromatic N) is 3. The topological polar surface area (TPSA) is 58.1 Å². The predicted molar refractivity (Wildman–Crippen MR) is 141 cm³/mol. The fourth-order valence-electron chi connectivity index (χ4n) is 5.13. The van der Waals surface area contributed by atoms with E-state index in [2.05, 4.69) is 51.2 Å². The summed E-state index contributed by atoms with van der Waals surface area (Å²) < 4.78 is 12.1. The number of hydrogen-bond donors (Lipinski definition) is 1. The van der Waals surface area contributed by atoms with E-state index in [0.717, 1.165) is 61.5 Å². The zero-order chi connectivity index (χ0) is 24.3. The summed E-state index contributed by atoms with van der Waals surface area (Å²) in [5.74, 6) is 2.54. The van der Waals surface area contributed by atoms with Gasteiger partial charge < -0.3 is 14.6 Å². The van der Waals surface area contributed by atoms with Crippen molar-refractivity contribution >= 4 is 10.9 Å². The van der Waals surface area contributed by atoms with Crippen LogP contribution in [-0.4, -0.2) is 65.3 Å². The number of piperazine rings is 1. The summed E-state index contributed by atoms with van der Waals surface area (Å²) in [7, 11) is 0. The molecule has 0 bridgehead atoms. The lowest BCUT2D eigenvalue weighted by Gasteiger charge is -2.36. The van der Waals surface area contributed by atoms with Gasteiger partial charge in [-0.05, 0) is 29.3 Å². The zero-order valence-electron chi connectivity index (χ0n) is 20.3. The number of hydrogen-bond acceptors (Lipinski definition) is 6. The molecule has 6 nitrogen and oxygen atoms in total. The second-order valence-electron chi connectivity index (χ2n) is 9.68. The summed E-state index contributed by atoms with van der Waals surface area (Å²) in [4.78, 5) is 9.30. The molecule has 1 N–H and O–H groups in total. The summed E-state index contributed by atoms with van der Waals surface area (Å²) in [6.07, 6.45) is 0.362. The fourth-order valence-corrected chi connectivity index (χ4v) is 5.13. The van der Waals surface area contributed by atoms with Crippen molar-refractivity contribution in [2.45, 2.75) is 19.1 Å². The molecule has 2 aliphatic heterocycles. The van der Waals surface area contributed by atoms with Crippen LogP contribution in [0.4, 0.5) is 0 Å². The monoisotopic (exact) mass is 481 g/mol. The van der Waals surface area contributed by atoms with E-state index in [1.54, 1.807) is 0 Å². The van der Waals surface area contributed by atoms with Crippen molar-refractivity contribution < 1.29 is 14.6 Å². The van der Waals surface area contributed by atoms with E-state index >= 15 is 0 Å². The zero-order valence-corrected chi connectivity index (χ0v) is 20.3. The highest BCUT2D eigenvalue weighted by Gasteiger charge is 2.23. The van der Waals surface area contributed by atoms with Crippen molar-refractivity contribution in [3.05, 3.63) is 95.6 Å². The number of para-hydroxylation sites is 3. The van der Waals surface area contributed by atoms with Crippen LogP contribution in [0, 0.1) is 0 Å². The molecule has 1 unspecified atom stereocenters. The van der Waals surface area contributed by atoms with Crippen LogP contribution >= 0.6 is 0 Å². The molecule has 3 aromatic carbocycles.